The van der Waals surface area contributed by atoms with E-state index in [1.165, 1.54) is 30.6 Å². The maximum Gasteiger partial charge on any atom is 0.0413 e. The Labute approximate surface area is 90.3 Å². The molecule has 2 heteroatoms. The molecule has 1 aliphatic carbocycles. The summed E-state index contributed by atoms with van der Waals surface area (Å²) in [7, 11) is 0. The van der Waals surface area contributed by atoms with Gasteiger partial charge in [-0.15, -0.1) is 11.3 Å². The summed E-state index contributed by atoms with van der Waals surface area (Å²) in [6.45, 7) is 4.40. The van der Waals surface area contributed by atoms with Gasteiger partial charge in [0.15, 0.2) is 0 Å². The van der Waals surface area contributed by atoms with Crippen LogP contribution >= 0.6 is 11.3 Å². The van der Waals surface area contributed by atoms with E-state index in [0.717, 1.165) is 0 Å². The van der Waals surface area contributed by atoms with E-state index in [0.29, 0.717) is 5.92 Å². The second-order valence-corrected chi connectivity index (χ2v) is 5.74. The summed E-state index contributed by atoms with van der Waals surface area (Å²) < 4.78 is 0. The molecule has 0 amide bonds. The van der Waals surface area contributed by atoms with Crippen molar-refractivity contribution >= 4 is 11.3 Å². The molecule has 1 unspecified atom stereocenters. The van der Waals surface area contributed by atoms with Crippen molar-refractivity contribution in [2.45, 2.75) is 45.6 Å². The summed E-state index contributed by atoms with van der Waals surface area (Å²) in [6, 6.07) is 2.59. The number of rotatable bonds is 2. The molecule has 0 bridgehead atoms. The van der Waals surface area contributed by atoms with Crippen molar-refractivity contribution in [3.63, 3.8) is 0 Å². The molecule has 78 valence electrons. The molecule has 0 fully saturated rings. The Morgan fingerprint density at radius 2 is 2.00 bits per heavy atom. The van der Waals surface area contributed by atoms with Crippen LogP contribution in [0.15, 0.2) is 6.07 Å². The van der Waals surface area contributed by atoms with Gasteiger partial charge in [-0.05, 0) is 43.2 Å². The van der Waals surface area contributed by atoms with Crippen molar-refractivity contribution in [1.29, 1.82) is 0 Å². The molecule has 0 aromatic carbocycles. The van der Waals surface area contributed by atoms with E-state index in [-0.39, 0.29) is 6.04 Å². The van der Waals surface area contributed by atoms with Gasteiger partial charge < -0.3 is 5.73 Å². The average Bonchev–Trinajstić information content (AvgIpc) is 2.59. The summed E-state index contributed by atoms with van der Waals surface area (Å²) in [5.74, 6) is 0.551. The predicted molar refractivity (Wildman–Crippen MR) is 62.7 cm³/mol. The molecule has 0 spiro atoms. The summed E-state index contributed by atoms with van der Waals surface area (Å²) in [6.07, 6.45) is 5.28. The first-order valence-corrected chi connectivity index (χ1v) is 6.37. The lowest BCUT2D eigenvalue weighted by molar-refractivity contribution is 0.521. The van der Waals surface area contributed by atoms with Crippen molar-refractivity contribution in [2.75, 3.05) is 0 Å². The second kappa shape index (κ2) is 4.03. The first-order chi connectivity index (χ1) is 6.68. The maximum absolute atomic E-state index is 6.16. The van der Waals surface area contributed by atoms with Crippen LogP contribution in [-0.2, 0) is 12.8 Å². The monoisotopic (exact) mass is 209 g/mol. The number of aryl methyl sites for hydroxylation is 2. The van der Waals surface area contributed by atoms with Gasteiger partial charge in [0.1, 0.15) is 0 Å². The Hall–Kier alpha value is -0.340. The van der Waals surface area contributed by atoms with Gasteiger partial charge >= 0.3 is 0 Å². The van der Waals surface area contributed by atoms with E-state index in [1.54, 1.807) is 10.4 Å². The number of hydrogen-bond acceptors (Lipinski definition) is 2. The van der Waals surface area contributed by atoms with Crippen LogP contribution in [0.3, 0.4) is 0 Å². The van der Waals surface area contributed by atoms with E-state index in [9.17, 15) is 0 Å². The third-order valence-electron chi connectivity index (χ3n) is 3.06. The smallest absolute Gasteiger partial charge is 0.0413 e. The topological polar surface area (TPSA) is 26.0 Å². The molecule has 2 rings (SSSR count). The van der Waals surface area contributed by atoms with E-state index >= 15 is 0 Å². The molecular formula is C12H19NS. The highest BCUT2D eigenvalue weighted by molar-refractivity contribution is 7.12. The fraction of sp³-hybridized carbons (Fsp3) is 0.667. The van der Waals surface area contributed by atoms with Gasteiger partial charge in [0.05, 0.1) is 0 Å². The molecule has 1 aromatic rings. The molecule has 1 atom stereocenters. The fourth-order valence-corrected chi connectivity index (χ4v) is 3.44. The number of nitrogens with two attached hydrogens (primary N) is 1. The van der Waals surface area contributed by atoms with Crippen molar-refractivity contribution < 1.29 is 0 Å². The lowest BCUT2D eigenvalue weighted by Crippen LogP contribution is -2.15. The summed E-state index contributed by atoms with van der Waals surface area (Å²) >= 11 is 1.95. The Bertz CT molecular complexity index is 291. The number of fused-ring (bicyclic) bond motifs is 1. The van der Waals surface area contributed by atoms with Crippen molar-refractivity contribution in [3.05, 3.63) is 21.4 Å². The third kappa shape index (κ3) is 1.86. The van der Waals surface area contributed by atoms with Crippen LogP contribution in [-0.4, -0.2) is 0 Å². The zero-order valence-electron chi connectivity index (χ0n) is 9.05. The van der Waals surface area contributed by atoms with Crippen LogP contribution in [0.2, 0.25) is 0 Å². The lowest BCUT2D eigenvalue weighted by atomic mass is 9.97. The van der Waals surface area contributed by atoms with Gasteiger partial charge in [-0.25, -0.2) is 0 Å². The van der Waals surface area contributed by atoms with Crippen LogP contribution in [0, 0.1) is 5.92 Å². The van der Waals surface area contributed by atoms with Gasteiger partial charge in [0, 0.05) is 15.8 Å². The Morgan fingerprint density at radius 3 is 2.64 bits per heavy atom. The molecule has 0 saturated heterocycles. The van der Waals surface area contributed by atoms with Crippen LogP contribution in [0.5, 0.6) is 0 Å². The molecule has 0 radical (unpaired) electrons. The lowest BCUT2D eigenvalue weighted by Gasteiger charge is -2.12. The molecule has 1 heterocycles. The Morgan fingerprint density at radius 1 is 1.29 bits per heavy atom. The molecule has 1 nitrogen and oxygen atoms in total. The predicted octanol–water partition coefficient (Wildman–Crippen LogP) is 3.28. The van der Waals surface area contributed by atoms with Gasteiger partial charge in [0.2, 0.25) is 0 Å². The van der Waals surface area contributed by atoms with Crippen molar-refractivity contribution in [2.24, 2.45) is 11.7 Å². The highest BCUT2D eigenvalue weighted by atomic mass is 32.1. The highest BCUT2D eigenvalue weighted by Crippen LogP contribution is 2.34. The minimum absolute atomic E-state index is 0.241. The number of thiophene rings is 1. The third-order valence-corrected chi connectivity index (χ3v) is 4.40. The minimum atomic E-state index is 0.241. The maximum atomic E-state index is 6.16. The van der Waals surface area contributed by atoms with E-state index in [2.05, 4.69) is 19.9 Å². The largest absolute Gasteiger partial charge is 0.323 e. The van der Waals surface area contributed by atoms with E-state index in [1.807, 2.05) is 11.3 Å². The SMILES string of the molecule is CC(C)C(N)c1cc2c(s1)CCCC2. The van der Waals surface area contributed by atoms with Crippen LogP contribution in [0.4, 0.5) is 0 Å². The molecule has 2 N–H and O–H groups in total. The number of hydrogen-bond donors (Lipinski definition) is 1. The van der Waals surface area contributed by atoms with Crippen molar-refractivity contribution in [1.82, 2.24) is 0 Å². The molecular weight excluding hydrogens is 190 g/mol. The summed E-state index contributed by atoms with van der Waals surface area (Å²) in [5.41, 5.74) is 7.74. The first-order valence-electron chi connectivity index (χ1n) is 5.55. The Kier molecular flexibility index (Phi) is 2.93. The summed E-state index contributed by atoms with van der Waals surface area (Å²) in [5, 5.41) is 0. The zero-order chi connectivity index (χ0) is 10.1. The van der Waals surface area contributed by atoms with E-state index < -0.39 is 0 Å². The Balaban J connectivity index is 2.23. The van der Waals surface area contributed by atoms with Crippen LogP contribution < -0.4 is 5.73 Å². The first kappa shape index (κ1) is 10.2. The fourth-order valence-electron chi connectivity index (χ4n) is 2.01. The minimum Gasteiger partial charge on any atom is -0.323 e. The standard InChI is InChI=1S/C12H19NS/c1-8(2)12(13)11-7-9-5-3-4-6-10(9)14-11/h7-8,12H,3-6,13H2,1-2H3. The van der Waals surface area contributed by atoms with Crippen LogP contribution in [0.1, 0.15) is 48.0 Å². The second-order valence-electron chi connectivity index (χ2n) is 4.57. The van der Waals surface area contributed by atoms with Crippen LogP contribution in [0.25, 0.3) is 0 Å². The average molecular weight is 209 g/mol. The molecule has 14 heavy (non-hydrogen) atoms. The van der Waals surface area contributed by atoms with Gasteiger partial charge in [-0.2, -0.15) is 0 Å². The molecule has 0 aliphatic heterocycles. The molecule has 1 aliphatic rings. The quantitative estimate of drug-likeness (QED) is 0.794. The highest BCUT2D eigenvalue weighted by Gasteiger charge is 2.18. The van der Waals surface area contributed by atoms with E-state index in [4.69, 9.17) is 5.73 Å². The molecule has 1 aromatic heterocycles. The van der Waals surface area contributed by atoms with Gasteiger partial charge in [0.25, 0.3) is 0 Å². The summed E-state index contributed by atoms with van der Waals surface area (Å²) in [4.78, 5) is 2.99. The van der Waals surface area contributed by atoms with Gasteiger partial charge in [-0.3, -0.25) is 0 Å². The van der Waals surface area contributed by atoms with Gasteiger partial charge in [-0.1, -0.05) is 13.8 Å². The normalized spacial score (nSPS) is 18.3. The zero-order valence-corrected chi connectivity index (χ0v) is 9.86. The molecule has 0 saturated carbocycles. The van der Waals surface area contributed by atoms with Crippen molar-refractivity contribution in [3.8, 4) is 0 Å².